The highest BCUT2D eigenvalue weighted by Crippen LogP contribution is 2.35. The minimum atomic E-state index is -0.813. The summed E-state index contributed by atoms with van der Waals surface area (Å²) in [6.07, 6.45) is 5.05. The summed E-state index contributed by atoms with van der Waals surface area (Å²) in [4.78, 5) is 25.9. The molecule has 148 valence electrons. The number of rotatable bonds is 6. The molecule has 1 heterocycles. The van der Waals surface area contributed by atoms with E-state index in [1.54, 1.807) is 11.0 Å². The number of carbonyl (C=O) groups is 2. The molecule has 1 aromatic carbocycles. The van der Waals surface area contributed by atoms with Gasteiger partial charge in [-0.3, -0.25) is 9.59 Å². The number of ether oxygens (including phenoxy) is 1. The number of esters is 1. The summed E-state index contributed by atoms with van der Waals surface area (Å²) >= 11 is 0. The number of aromatic hydroxyl groups is 1. The number of fused-ring (bicyclic) bond motifs is 1. The quantitative estimate of drug-likeness (QED) is 0.760. The Balaban J connectivity index is 1.51. The van der Waals surface area contributed by atoms with Crippen LogP contribution in [0.3, 0.4) is 0 Å². The lowest BCUT2D eigenvalue weighted by molar-refractivity contribution is -0.151. The Morgan fingerprint density at radius 2 is 2.04 bits per heavy atom. The van der Waals surface area contributed by atoms with Crippen molar-refractivity contribution in [2.24, 2.45) is 11.8 Å². The summed E-state index contributed by atoms with van der Waals surface area (Å²) in [6.45, 7) is 4.93. The first-order chi connectivity index (χ1) is 12.9. The van der Waals surface area contributed by atoms with Crippen molar-refractivity contribution >= 4 is 11.9 Å². The molecule has 3 rings (SSSR count). The summed E-state index contributed by atoms with van der Waals surface area (Å²) in [5, 5.41) is 9.50. The Labute approximate surface area is 159 Å². The van der Waals surface area contributed by atoms with Crippen LogP contribution >= 0.6 is 0 Å². The summed E-state index contributed by atoms with van der Waals surface area (Å²) in [7, 11) is 0. The SMILES string of the molecule is CCCC(=O)OC(C)[C@H]1CC[C@H](CN2Cc3ccc(O)c(F)c3C2=O)CC1. The maximum Gasteiger partial charge on any atom is 0.306 e. The zero-order valence-corrected chi connectivity index (χ0v) is 16.0. The summed E-state index contributed by atoms with van der Waals surface area (Å²) in [6, 6.07) is 2.92. The van der Waals surface area contributed by atoms with Crippen LogP contribution in [0, 0.1) is 17.7 Å². The molecular weight excluding hydrogens is 349 g/mol. The number of hydrogen-bond donors (Lipinski definition) is 1. The maximum atomic E-state index is 14.1. The molecule has 1 N–H and O–H groups in total. The van der Waals surface area contributed by atoms with Crippen LogP contribution in [0.25, 0.3) is 0 Å². The summed E-state index contributed by atoms with van der Waals surface area (Å²) < 4.78 is 19.6. The van der Waals surface area contributed by atoms with E-state index < -0.39 is 11.6 Å². The van der Waals surface area contributed by atoms with E-state index in [1.165, 1.54) is 6.07 Å². The van der Waals surface area contributed by atoms with E-state index in [-0.39, 0.29) is 23.5 Å². The second kappa shape index (κ2) is 8.28. The third-order valence-corrected chi connectivity index (χ3v) is 5.88. The number of nitrogens with zero attached hydrogens (tertiary/aromatic N) is 1. The predicted molar refractivity (Wildman–Crippen MR) is 98.7 cm³/mol. The van der Waals surface area contributed by atoms with Crippen LogP contribution in [-0.4, -0.2) is 34.5 Å². The number of phenolic OH excluding ortho intramolecular Hbond substituents is 1. The molecule has 0 radical (unpaired) electrons. The number of halogens is 1. The third-order valence-electron chi connectivity index (χ3n) is 5.88. The second-order valence-corrected chi connectivity index (χ2v) is 7.84. The van der Waals surface area contributed by atoms with Gasteiger partial charge in [0.05, 0.1) is 5.56 Å². The van der Waals surface area contributed by atoms with Crippen molar-refractivity contribution in [3.05, 3.63) is 29.1 Å². The van der Waals surface area contributed by atoms with Crippen LogP contribution in [-0.2, 0) is 16.1 Å². The fourth-order valence-electron chi connectivity index (χ4n) is 4.27. The van der Waals surface area contributed by atoms with Crippen LogP contribution in [0.5, 0.6) is 5.75 Å². The molecule has 1 unspecified atom stereocenters. The van der Waals surface area contributed by atoms with Crippen LogP contribution < -0.4 is 0 Å². The Morgan fingerprint density at radius 3 is 2.70 bits per heavy atom. The van der Waals surface area contributed by atoms with E-state index in [1.807, 2.05) is 13.8 Å². The molecule has 1 atom stereocenters. The van der Waals surface area contributed by atoms with Crippen molar-refractivity contribution in [2.45, 2.75) is 65.0 Å². The zero-order chi connectivity index (χ0) is 19.6. The van der Waals surface area contributed by atoms with E-state index >= 15 is 0 Å². The molecule has 0 spiro atoms. The first-order valence-corrected chi connectivity index (χ1v) is 9.89. The van der Waals surface area contributed by atoms with Gasteiger partial charge in [0.1, 0.15) is 6.10 Å². The number of benzene rings is 1. The number of phenols is 1. The van der Waals surface area contributed by atoms with Crippen molar-refractivity contribution in [2.75, 3.05) is 6.54 Å². The molecule has 1 saturated carbocycles. The minimum Gasteiger partial charge on any atom is -0.505 e. The molecule has 2 aliphatic rings. The van der Waals surface area contributed by atoms with Gasteiger partial charge in [-0.2, -0.15) is 0 Å². The van der Waals surface area contributed by atoms with Gasteiger partial charge in [0, 0.05) is 19.5 Å². The van der Waals surface area contributed by atoms with Crippen molar-refractivity contribution in [1.82, 2.24) is 4.90 Å². The van der Waals surface area contributed by atoms with Gasteiger partial charge in [0.15, 0.2) is 11.6 Å². The van der Waals surface area contributed by atoms with Crippen LogP contribution in [0.15, 0.2) is 12.1 Å². The van der Waals surface area contributed by atoms with Crippen molar-refractivity contribution in [3.63, 3.8) is 0 Å². The molecule has 1 aliphatic carbocycles. The number of hydrogen-bond acceptors (Lipinski definition) is 4. The first-order valence-electron chi connectivity index (χ1n) is 9.89. The lowest BCUT2D eigenvalue weighted by Crippen LogP contribution is -2.34. The average molecular weight is 377 g/mol. The van der Waals surface area contributed by atoms with Gasteiger partial charge in [-0.25, -0.2) is 4.39 Å². The van der Waals surface area contributed by atoms with Gasteiger partial charge in [-0.05, 0) is 62.5 Å². The van der Waals surface area contributed by atoms with E-state index in [4.69, 9.17) is 4.74 Å². The first kappa shape index (κ1) is 19.6. The Kier molecular flexibility index (Phi) is 6.02. The Hall–Kier alpha value is -2.11. The van der Waals surface area contributed by atoms with Gasteiger partial charge >= 0.3 is 5.97 Å². The monoisotopic (exact) mass is 377 g/mol. The lowest BCUT2D eigenvalue weighted by Gasteiger charge is -2.33. The Morgan fingerprint density at radius 1 is 1.33 bits per heavy atom. The van der Waals surface area contributed by atoms with Crippen LogP contribution in [0.1, 0.15) is 68.3 Å². The summed E-state index contributed by atoms with van der Waals surface area (Å²) in [5.74, 6) is -1.01. The highest BCUT2D eigenvalue weighted by atomic mass is 19.1. The average Bonchev–Trinajstić information content (AvgIpc) is 2.95. The number of amides is 1. The minimum absolute atomic E-state index is 0.0140. The highest BCUT2D eigenvalue weighted by molar-refractivity contribution is 5.99. The van der Waals surface area contributed by atoms with E-state index in [0.717, 1.165) is 32.1 Å². The van der Waals surface area contributed by atoms with Gasteiger partial charge in [-0.1, -0.05) is 13.0 Å². The Bertz CT molecular complexity index is 712. The number of carbonyl (C=O) groups excluding carboxylic acids is 2. The van der Waals surface area contributed by atoms with Crippen molar-refractivity contribution < 1.29 is 23.8 Å². The maximum absolute atomic E-state index is 14.1. The van der Waals surface area contributed by atoms with E-state index in [0.29, 0.717) is 36.9 Å². The molecule has 0 aromatic heterocycles. The highest BCUT2D eigenvalue weighted by Gasteiger charge is 2.34. The van der Waals surface area contributed by atoms with Gasteiger partial charge in [0.2, 0.25) is 0 Å². The molecule has 0 bridgehead atoms. The molecule has 1 aromatic rings. The summed E-state index contributed by atoms with van der Waals surface area (Å²) in [5.41, 5.74) is 0.653. The zero-order valence-electron chi connectivity index (χ0n) is 16.0. The van der Waals surface area contributed by atoms with E-state index in [2.05, 4.69) is 0 Å². The fraction of sp³-hybridized carbons (Fsp3) is 0.619. The molecular formula is C21H28FNO4. The standard InChI is InChI=1S/C21H28FNO4/c1-3-4-18(25)27-13(2)15-7-5-14(6-8-15)11-23-12-16-9-10-17(24)20(22)19(16)21(23)26/h9-10,13-15,24H,3-8,11-12H2,1-2H3/t13?,14-,15-. The molecule has 1 aliphatic heterocycles. The molecule has 6 heteroatoms. The van der Waals surface area contributed by atoms with Crippen LogP contribution in [0.2, 0.25) is 0 Å². The van der Waals surface area contributed by atoms with Crippen molar-refractivity contribution in [1.29, 1.82) is 0 Å². The smallest absolute Gasteiger partial charge is 0.306 e. The van der Waals surface area contributed by atoms with Crippen LogP contribution in [0.4, 0.5) is 4.39 Å². The molecule has 27 heavy (non-hydrogen) atoms. The molecule has 1 fully saturated rings. The molecule has 0 saturated heterocycles. The normalized spacial score (nSPS) is 23.2. The molecule has 5 nitrogen and oxygen atoms in total. The largest absolute Gasteiger partial charge is 0.505 e. The van der Waals surface area contributed by atoms with E-state index in [9.17, 15) is 19.1 Å². The lowest BCUT2D eigenvalue weighted by atomic mass is 9.79. The van der Waals surface area contributed by atoms with Gasteiger partial charge in [0.25, 0.3) is 5.91 Å². The topological polar surface area (TPSA) is 66.8 Å². The van der Waals surface area contributed by atoms with Gasteiger partial charge < -0.3 is 14.7 Å². The molecule has 1 amide bonds. The van der Waals surface area contributed by atoms with Crippen molar-refractivity contribution in [3.8, 4) is 5.75 Å². The fourth-order valence-corrected chi connectivity index (χ4v) is 4.27. The predicted octanol–water partition coefficient (Wildman–Crippen LogP) is 4.03. The second-order valence-electron chi connectivity index (χ2n) is 7.84. The van der Waals surface area contributed by atoms with Gasteiger partial charge in [-0.15, -0.1) is 0 Å². The third kappa shape index (κ3) is 4.25.